The number of hydrogen-bond donors (Lipinski definition) is 2. The molecule has 0 saturated carbocycles. The minimum atomic E-state index is -0.270. The highest BCUT2D eigenvalue weighted by atomic mass is 15.4. The van der Waals surface area contributed by atoms with Crippen LogP contribution in [0.2, 0.25) is 0 Å². The Hall–Kier alpha value is -0.540. The highest BCUT2D eigenvalue weighted by molar-refractivity contribution is 4.96. The molecule has 0 aliphatic carbocycles. The number of hydrogen-bond acceptors (Lipinski definition) is 3. The molecule has 0 bridgehead atoms. The molecule has 0 aliphatic heterocycles. The summed E-state index contributed by atoms with van der Waals surface area (Å²) in [5.74, 6) is 5.29. The maximum Gasteiger partial charge on any atom is 0.0299 e. The minimum Gasteiger partial charge on any atom is -0.322 e. The van der Waals surface area contributed by atoms with E-state index in [-0.39, 0.29) is 5.54 Å². The Morgan fingerprint density at radius 2 is 1.64 bits per heavy atom. The van der Waals surface area contributed by atoms with Crippen LogP contribution in [0.3, 0.4) is 0 Å². The van der Waals surface area contributed by atoms with Crippen LogP contribution < -0.4 is 11.6 Å². The largest absolute Gasteiger partial charge is 0.322 e. The molecule has 0 rings (SSSR count). The molecule has 0 spiro atoms. The van der Waals surface area contributed by atoms with Crippen molar-refractivity contribution in [1.82, 2.24) is 5.01 Å². The zero-order valence-electron chi connectivity index (χ0n) is 8.26. The SMILES string of the molecule is CC.CN(N)/C=C\C(C)(C)N. The van der Waals surface area contributed by atoms with Gasteiger partial charge in [0, 0.05) is 18.8 Å². The predicted octanol–water partition coefficient (Wildman–Crippen LogP) is 1.07. The van der Waals surface area contributed by atoms with Crippen LogP contribution in [0.4, 0.5) is 0 Å². The maximum absolute atomic E-state index is 5.61. The molecule has 68 valence electrons. The molecule has 3 heteroatoms. The normalized spacial score (nSPS) is 10.8. The standard InChI is InChI=1S/C6H15N3.C2H6/c1-6(2,7)4-5-9(3)8;1-2/h4-5H,7-8H2,1-3H3;1-2H3/b5-4-;. The van der Waals surface area contributed by atoms with E-state index in [1.165, 1.54) is 5.01 Å². The van der Waals surface area contributed by atoms with Gasteiger partial charge < -0.3 is 10.7 Å². The monoisotopic (exact) mass is 159 g/mol. The van der Waals surface area contributed by atoms with Crippen molar-refractivity contribution in [3.63, 3.8) is 0 Å². The van der Waals surface area contributed by atoms with E-state index in [4.69, 9.17) is 11.6 Å². The third kappa shape index (κ3) is 17.7. The van der Waals surface area contributed by atoms with Crippen molar-refractivity contribution in [2.45, 2.75) is 33.2 Å². The minimum absolute atomic E-state index is 0.270. The fourth-order valence-electron chi connectivity index (χ4n) is 0.310. The van der Waals surface area contributed by atoms with Crippen molar-refractivity contribution in [3.05, 3.63) is 12.3 Å². The summed E-state index contributed by atoms with van der Waals surface area (Å²) < 4.78 is 0. The van der Waals surface area contributed by atoms with Crippen LogP contribution in [0.1, 0.15) is 27.7 Å². The summed E-state index contributed by atoms with van der Waals surface area (Å²) in [5, 5.41) is 1.47. The molecule has 0 aromatic carbocycles. The smallest absolute Gasteiger partial charge is 0.0299 e. The van der Waals surface area contributed by atoms with E-state index in [2.05, 4.69) is 0 Å². The number of nitrogens with zero attached hydrogens (tertiary/aromatic N) is 1. The van der Waals surface area contributed by atoms with Crippen molar-refractivity contribution in [1.29, 1.82) is 0 Å². The summed E-state index contributed by atoms with van der Waals surface area (Å²) in [5.41, 5.74) is 5.34. The number of nitrogens with two attached hydrogens (primary N) is 2. The van der Waals surface area contributed by atoms with Crippen LogP contribution in [-0.4, -0.2) is 17.6 Å². The number of hydrazine groups is 1. The number of rotatable bonds is 2. The van der Waals surface area contributed by atoms with E-state index < -0.39 is 0 Å². The first-order chi connectivity index (χ1) is 4.92. The van der Waals surface area contributed by atoms with E-state index in [9.17, 15) is 0 Å². The Morgan fingerprint density at radius 1 is 1.27 bits per heavy atom. The van der Waals surface area contributed by atoms with Gasteiger partial charge in [0.25, 0.3) is 0 Å². The van der Waals surface area contributed by atoms with Crippen molar-refractivity contribution < 1.29 is 0 Å². The van der Waals surface area contributed by atoms with Gasteiger partial charge in [-0.3, -0.25) is 0 Å². The van der Waals surface area contributed by atoms with Crippen molar-refractivity contribution in [2.75, 3.05) is 7.05 Å². The fraction of sp³-hybridized carbons (Fsp3) is 0.750. The van der Waals surface area contributed by atoms with Crippen LogP contribution in [0.15, 0.2) is 12.3 Å². The molecule has 0 heterocycles. The molecule has 11 heavy (non-hydrogen) atoms. The molecule has 0 saturated heterocycles. The van der Waals surface area contributed by atoms with Gasteiger partial charge in [0.15, 0.2) is 0 Å². The Balaban J connectivity index is 0. The molecule has 4 N–H and O–H groups in total. The van der Waals surface area contributed by atoms with E-state index in [0.717, 1.165) is 0 Å². The molecular weight excluding hydrogens is 138 g/mol. The van der Waals surface area contributed by atoms with Crippen molar-refractivity contribution in [2.24, 2.45) is 11.6 Å². The molecular formula is C8H21N3. The van der Waals surface area contributed by atoms with Gasteiger partial charge in [-0.25, -0.2) is 5.84 Å². The summed E-state index contributed by atoms with van der Waals surface area (Å²) in [7, 11) is 1.75. The van der Waals surface area contributed by atoms with Gasteiger partial charge in [-0.05, 0) is 19.9 Å². The zero-order valence-corrected chi connectivity index (χ0v) is 8.26. The van der Waals surface area contributed by atoms with Crippen LogP contribution in [0, 0.1) is 0 Å². The van der Waals surface area contributed by atoms with Crippen molar-refractivity contribution in [3.8, 4) is 0 Å². The van der Waals surface area contributed by atoms with E-state index in [1.807, 2.05) is 33.8 Å². The van der Waals surface area contributed by atoms with Gasteiger partial charge in [-0.2, -0.15) is 0 Å². The third-order valence-electron chi connectivity index (χ3n) is 0.739. The molecule has 0 radical (unpaired) electrons. The quantitative estimate of drug-likeness (QED) is 0.468. The molecule has 0 aliphatic rings. The van der Waals surface area contributed by atoms with Gasteiger partial charge in [-0.15, -0.1) is 0 Å². The lowest BCUT2D eigenvalue weighted by atomic mass is 10.1. The summed E-state index contributed by atoms with van der Waals surface area (Å²) >= 11 is 0. The summed E-state index contributed by atoms with van der Waals surface area (Å²) in [4.78, 5) is 0. The van der Waals surface area contributed by atoms with Crippen molar-refractivity contribution >= 4 is 0 Å². The first-order valence-corrected chi connectivity index (χ1v) is 3.87. The molecule has 0 aromatic rings. The van der Waals surface area contributed by atoms with E-state index in [0.29, 0.717) is 0 Å². The second-order valence-electron chi connectivity index (χ2n) is 2.80. The summed E-state index contributed by atoms with van der Waals surface area (Å²) in [6.45, 7) is 7.82. The Bertz CT molecular complexity index is 100. The summed E-state index contributed by atoms with van der Waals surface area (Å²) in [6.07, 6.45) is 3.58. The second kappa shape index (κ2) is 6.19. The first-order valence-electron chi connectivity index (χ1n) is 3.87. The fourth-order valence-corrected chi connectivity index (χ4v) is 0.310. The molecule has 0 atom stereocenters. The van der Waals surface area contributed by atoms with Gasteiger partial charge in [0.05, 0.1) is 0 Å². The Labute approximate surface area is 70.0 Å². The highest BCUT2D eigenvalue weighted by Gasteiger charge is 2.02. The topological polar surface area (TPSA) is 55.3 Å². The highest BCUT2D eigenvalue weighted by Crippen LogP contribution is 1.97. The average Bonchev–Trinajstić information content (AvgIpc) is 1.87. The van der Waals surface area contributed by atoms with E-state index in [1.54, 1.807) is 13.2 Å². The van der Waals surface area contributed by atoms with Gasteiger partial charge in [-0.1, -0.05) is 13.8 Å². The Morgan fingerprint density at radius 3 is 1.73 bits per heavy atom. The third-order valence-corrected chi connectivity index (χ3v) is 0.739. The van der Waals surface area contributed by atoms with Crippen LogP contribution >= 0.6 is 0 Å². The van der Waals surface area contributed by atoms with Crippen LogP contribution in [0.5, 0.6) is 0 Å². The maximum atomic E-state index is 5.61. The Kier molecular flexibility index (Phi) is 7.36. The lowest BCUT2D eigenvalue weighted by Crippen LogP contribution is -2.30. The van der Waals surface area contributed by atoms with Crippen LogP contribution in [-0.2, 0) is 0 Å². The van der Waals surface area contributed by atoms with E-state index >= 15 is 0 Å². The van der Waals surface area contributed by atoms with Gasteiger partial charge in [0.1, 0.15) is 0 Å². The van der Waals surface area contributed by atoms with Crippen LogP contribution in [0.25, 0.3) is 0 Å². The average molecular weight is 159 g/mol. The predicted molar refractivity (Wildman–Crippen MR) is 50.7 cm³/mol. The molecule has 0 fully saturated rings. The van der Waals surface area contributed by atoms with Gasteiger partial charge in [0.2, 0.25) is 0 Å². The molecule has 0 amide bonds. The lowest BCUT2D eigenvalue weighted by Gasteiger charge is -2.13. The molecule has 3 nitrogen and oxygen atoms in total. The second-order valence-corrected chi connectivity index (χ2v) is 2.80. The summed E-state index contributed by atoms with van der Waals surface area (Å²) in [6, 6.07) is 0. The molecule has 0 unspecified atom stereocenters. The molecule has 0 aromatic heterocycles. The van der Waals surface area contributed by atoms with Gasteiger partial charge >= 0.3 is 0 Å². The lowest BCUT2D eigenvalue weighted by molar-refractivity contribution is 0.475. The first kappa shape index (κ1) is 13.1. The zero-order chi connectivity index (χ0) is 9.49.